The van der Waals surface area contributed by atoms with Gasteiger partial charge < -0.3 is 19.5 Å². The van der Waals surface area contributed by atoms with Crippen molar-refractivity contribution in [3.05, 3.63) is 35.0 Å². The maximum atomic E-state index is 12.6. The van der Waals surface area contributed by atoms with E-state index in [0.717, 1.165) is 25.2 Å². The molecule has 0 aromatic carbocycles. The Hall–Kier alpha value is -1.95. The van der Waals surface area contributed by atoms with E-state index in [-0.39, 0.29) is 5.91 Å². The van der Waals surface area contributed by atoms with Crippen LogP contribution in [0.1, 0.15) is 10.4 Å². The van der Waals surface area contributed by atoms with Crippen LogP contribution in [0.5, 0.6) is 0 Å². The van der Waals surface area contributed by atoms with Crippen LogP contribution in [0.2, 0.25) is 0 Å². The van der Waals surface area contributed by atoms with Gasteiger partial charge in [-0.05, 0) is 11.4 Å². The Balaban J connectivity index is 0.000000370. The van der Waals surface area contributed by atoms with Crippen LogP contribution in [0, 0.1) is 0 Å². The largest absolute Gasteiger partial charge is 0.490 e. The number of carboxylic acids is 1. The van der Waals surface area contributed by atoms with Crippen LogP contribution in [0.3, 0.4) is 0 Å². The Morgan fingerprint density at radius 2 is 2.03 bits per heavy atom. The van der Waals surface area contributed by atoms with Crippen LogP contribution in [-0.4, -0.2) is 91.1 Å². The van der Waals surface area contributed by atoms with Gasteiger partial charge in [0.05, 0.1) is 31.9 Å². The first kappa shape index (κ1) is 23.3. The summed E-state index contributed by atoms with van der Waals surface area (Å²) in [5, 5.41) is 11.0. The second-order valence-electron chi connectivity index (χ2n) is 6.65. The smallest absolute Gasteiger partial charge is 0.475 e. The van der Waals surface area contributed by atoms with E-state index in [1.807, 2.05) is 27.8 Å². The van der Waals surface area contributed by atoms with Gasteiger partial charge in [0.1, 0.15) is 5.60 Å². The molecule has 2 saturated heterocycles. The summed E-state index contributed by atoms with van der Waals surface area (Å²) >= 11 is 1.55. The van der Waals surface area contributed by atoms with Gasteiger partial charge in [0.2, 0.25) is 0 Å². The SMILES string of the molecule is C=CCN1CCOCC2(C1)CN(C(=O)c1ccsc1)CCO2.O=C(O)C(F)(F)F. The number of aliphatic carboxylic acids is 1. The number of morpholine rings is 1. The van der Waals surface area contributed by atoms with Gasteiger partial charge in [-0.3, -0.25) is 9.69 Å². The number of alkyl halides is 3. The molecule has 1 aromatic rings. The Kier molecular flexibility index (Phi) is 8.20. The summed E-state index contributed by atoms with van der Waals surface area (Å²) in [6, 6.07) is 1.88. The van der Waals surface area contributed by atoms with Crippen LogP contribution in [-0.2, 0) is 14.3 Å². The molecule has 11 heteroatoms. The lowest BCUT2D eigenvalue weighted by molar-refractivity contribution is -0.192. The van der Waals surface area contributed by atoms with E-state index in [0.29, 0.717) is 32.9 Å². The van der Waals surface area contributed by atoms with Crippen LogP contribution >= 0.6 is 11.3 Å². The maximum Gasteiger partial charge on any atom is 0.490 e. The number of nitrogens with zero attached hydrogens (tertiary/aromatic N) is 2. The summed E-state index contributed by atoms with van der Waals surface area (Å²) in [7, 11) is 0. The molecule has 1 aromatic heterocycles. The number of hydrogen-bond donors (Lipinski definition) is 1. The predicted molar refractivity (Wildman–Crippen MR) is 100 cm³/mol. The molecular formula is C18H23F3N2O5S. The highest BCUT2D eigenvalue weighted by Gasteiger charge is 2.41. The lowest BCUT2D eigenvalue weighted by atomic mass is 10.0. The number of rotatable bonds is 3. The number of ether oxygens (including phenoxy) is 2. The molecule has 1 amide bonds. The van der Waals surface area contributed by atoms with Crippen LogP contribution in [0.25, 0.3) is 0 Å². The molecule has 2 aliphatic rings. The van der Waals surface area contributed by atoms with E-state index in [1.165, 1.54) is 0 Å². The van der Waals surface area contributed by atoms with Gasteiger partial charge >= 0.3 is 12.1 Å². The van der Waals surface area contributed by atoms with Crippen molar-refractivity contribution in [2.24, 2.45) is 0 Å². The minimum Gasteiger partial charge on any atom is -0.475 e. The minimum atomic E-state index is -5.08. The van der Waals surface area contributed by atoms with Gasteiger partial charge in [0, 0.05) is 31.6 Å². The number of carboxylic acid groups (broad SMARTS) is 1. The topological polar surface area (TPSA) is 79.3 Å². The third kappa shape index (κ3) is 6.81. The predicted octanol–water partition coefficient (Wildman–Crippen LogP) is 2.11. The van der Waals surface area contributed by atoms with E-state index >= 15 is 0 Å². The fraction of sp³-hybridized carbons (Fsp3) is 0.556. The summed E-state index contributed by atoms with van der Waals surface area (Å²) in [4.78, 5) is 25.7. The molecule has 1 unspecified atom stereocenters. The first-order valence-corrected chi connectivity index (χ1v) is 9.78. The fourth-order valence-corrected chi connectivity index (χ4v) is 3.72. The van der Waals surface area contributed by atoms with Crippen LogP contribution in [0.15, 0.2) is 29.5 Å². The highest BCUT2D eigenvalue weighted by Crippen LogP contribution is 2.24. The third-order valence-corrected chi connectivity index (χ3v) is 5.05. The van der Waals surface area contributed by atoms with Gasteiger partial charge in [-0.15, -0.1) is 6.58 Å². The zero-order chi connectivity index (χ0) is 21.5. The van der Waals surface area contributed by atoms with E-state index in [1.54, 1.807) is 11.3 Å². The lowest BCUT2D eigenvalue weighted by Crippen LogP contribution is -2.59. The van der Waals surface area contributed by atoms with E-state index in [2.05, 4.69) is 11.5 Å². The van der Waals surface area contributed by atoms with Gasteiger partial charge in [-0.1, -0.05) is 6.08 Å². The Labute approximate surface area is 170 Å². The molecule has 29 heavy (non-hydrogen) atoms. The normalized spacial score (nSPS) is 23.1. The summed E-state index contributed by atoms with van der Waals surface area (Å²) < 4.78 is 43.6. The summed E-state index contributed by atoms with van der Waals surface area (Å²) in [5.41, 5.74) is 0.336. The highest BCUT2D eigenvalue weighted by molar-refractivity contribution is 7.08. The zero-order valence-corrected chi connectivity index (χ0v) is 16.5. The molecule has 0 saturated carbocycles. The van der Waals surface area contributed by atoms with Crippen molar-refractivity contribution >= 4 is 23.2 Å². The molecule has 1 N–H and O–H groups in total. The molecule has 7 nitrogen and oxygen atoms in total. The molecular weight excluding hydrogens is 413 g/mol. The molecule has 1 atom stereocenters. The van der Waals surface area contributed by atoms with E-state index < -0.39 is 17.7 Å². The Morgan fingerprint density at radius 1 is 1.31 bits per heavy atom. The van der Waals surface area contributed by atoms with Crippen molar-refractivity contribution < 1.29 is 37.3 Å². The van der Waals surface area contributed by atoms with Crippen molar-refractivity contribution in [2.45, 2.75) is 11.8 Å². The van der Waals surface area contributed by atoms with Crippen molar-refractivity contribution in [1.29, 1.82) is 0 Å². The molecule has 3 heterocycles. The average molecular weight is 436 g/mol. The standard InChI is InChI=1S/C16H22N2O3S.C2HF3O2/c1-2-4-17-5-7-20-13-16(11-17)12-18(6-8-21-16)15(19)14-3-9-22-10-14;3-2(4,5)1(6)7/h2-3,9-10H,1,4-8,11-13H2;(H,6,7). The summed E-state index contributed by atoms with van der Waals surface area (Å²) in [5.74, 6) is -2.67. The second kappa shape index (κ2) is 10.2. The highest BCUT2D eigenvalue weighted by atomic mass is 32.1. The monoisotopic (exact) mass is 436 g/mol. The van der Waals surface area contributed by atoms with Crippen LogP contribution < -0.4 is 0 Å². The number of thiophene rings is 1. The van der Waals surface area contributed by atoms with E-state index in [9.17, 15) is 18.0 Å². The molecule has 2 fully saturated rings. The zero-order valence-electron chi connectivity index (χ0n) is 15.7. The first-order chi connectivity index (χ1) is 13.7. The van der Waals surface area contributed by atoms with Crippen molar-refractivity contribution in [3.63, 3.8) is 0 Å². The number of hydrogen-bond acceptors (Lipinski definition) is 6. The second-order valence-corrected chi connectivity index (χ2v) is 7.43. The number of halogens is 3. The fourth-order valence-electron chi connectivity index (χ4n) is 3.09. The Bertz CT molecular complexity index is 698. The summed E-state index contributed by atoms with van der Waals surface area (Å²) in [6.07, 6.45) is -3.18. The molecule has 3 rings (SSSR count). The van der Waals surface area contributed by atoms with E-state index in [4.69, 9.17) is 19.4 Å². The minimum absolute atomic E-state index is 0.0865. The maximum absolute atomic E-state index is 12.6. The Morgan fingerprint density at radius 3 is 2.62 bits per heavy atom. The van der Waals surface area contributed by atoms with Gasteiger partial charge in [-0.2, -0.15) is 24.5 Å². The van der Waals surface area contributed by atoms with Crippen molar-refractivity contribution in [3.8, 4) is 0 Å². The number of carbonyl (C=O) groups excluding carboxylic acids is 1. The number of carbonyl (C=O) groups is 2. The average Bonchev–Trinajstić information content (AvgIpc) is 3.13. The lowest BCUT2D eigenvalue weighted by Gasteiger charge is -2.43. The van der Waals surface area contributed by atoms with Crippen molar-refractivity contribution in [2.75, 3.05) is 52.5 Å². The molecule has 2 aliphatic heterocycles. The molecule has 0 aliphatic carbocycles. The first-order valence-electron chi connectivity index (χ1n) is 8.83. The third-order valence-electron chi connectivity index (χ3n) is 4.36. The summed E-state index contributed by atoms with van der Waals surface area (Å²) in [6.45, 7) is 9.26. The molecule has 1 spiro atoms. The van der Waals surface area contributed by atoms with Crippen LogP contribution in [0.4, 0.5) is 13.2 Å². The van der Waals surface area contributed by atoms with Crippen molar-refractivity contribution in [1.82, 2.24) is 9.80 Å². The number of amides is 1. The molecule has 0 radical (unpaired) electrons. The van der Waals surface area contributed by atoms with Gasteiger partial charge in [0.15, 0.2) is 0 Å². The molecule has 162 valence electrons. The van der Waals surface area contributed by atoms with Gasteiger partial charge in [0.25, 0.3) is 5.91 Å². The van der Waals surface area contributed by atoms with Gasteiger partial charge in [-0.25, -0.2) is 4.79 Å². The quantitative estimate of drug-likeness (QED) is 0.732. The molecule has 0 bridgehead atoms.